The molecule has 0 aromatic carbocycles. The monoisotopic (exact) mass is 293 g/mol. The standard InChI is InChI=1S/C12H19N7S/c1-20-8-4-2-3-5-15-11-16-10(13)17-12(18-11)19-7-6-14-9-19/h6-7,9H,2-5,8H2,1H3,(H3,13,15,16,17,18). The Bertz CT molecular complexity index is 515. The lowest BCUT2D eigenvalue weighted by atomic mass is 10.2. The van der Waals surface area contributed by atoms with Gasteiger partial charge in [0.2, 0.25) is 17.8 Å². The molecule has 0 saturated heterocycles. The van der Waals surface area contributed by atoms with Crippen LogP contribution in [0.2, 0.25) is 0 Å². The predicted octanol–water partition coefficient (Wildman–Crippen LogP) is 1.58. The highest BCUT2D eigenvalue weighted by Crippen LogP contribution is 2.08. The van der Waals surface area contributed by atoms with Gasteiger partial charge in [-0.25, -0.2) is 4.98 Å². The molecule has 20 heavy (non-hydrogen) atoms. The molecule has 0 aliphatic carbocycles. The molecule has 0 aliphatic rings. The summed E-state index contributed by atoms with van der Waals surface area (Å²) in [5, 5.41) is 3.18. The number of nitrogens with one attached hydrogen (secondary N) is 1. The van der Waals surface area contributed by atoms with Crippen LogP contribution in [-0.4, -0.2) is 43.1 Å². The summed E-state index contributed by atoms with van der Waals surface area (Å²) in [5.41, 5.74) is 5.70. The minimum Gasteiger partial charge on any atom is -0.368 e. The van der Waals surface area contributed by atoms with Crippen LogP contribution in [0.5, 0.6) is 0 Å². The van der Waals surface area contributed by atoms with Gasteiger partial charge in [-0.05, 0) is 24.9 Å². The number of rotatable bonds is 8. The summed E-state index contributed by atoms with van der Waals surface area (Å²) in [5.74, 6) is 2.39. The van der Waals surface area contributed by atoms with Gasteiger partial charge in [-0.1, -0.05) is 6.42 Å². The zero-order chi connectivity index (χ0) is 14.2. The van der Waals surface area contributed by atoms with E-state index in [1.807, 2.05) is 11.8 Å². The number of aromatic nitrogens is 5. The maximum Gasteiger partial charge on any atom is 0.241 e. The van der Waals surface area contributed by atoms with Crippen molar-refractivity contribution >= 4 is 23.7 Å². The number of nitrogen functional groups attached to an aromatic ring is 1. The average Bonchev–Trinajstić information content (AvgIpc) is 2.96. The molecule has 0 radical (unpaired) electrons. The van der Waals surface area contributed by atoms with Crippen LogP contribution in [0, 0.1) is 0 Å². The van der Waals surface area contributed by atoms with E-state index in [1.54, 1.807) is 23.3 Å². The molecule has 2 heterocycles. The molecule has 0 spiro atoms. The zero-order valence-corrected chi connectivity index (χ0v) is 12.3. The normalized spacial score (nSPS) is 10.7. The minimum absolute atomic E-state index is 0.202. The van der Waals surface area contributed by atoms with E-state index in [0.29, 0.717) is 11.9 Å². The van der Waals surface area contributed by atoms with Crippen molar-refractivity contribution in [3.63, 3.8) is 0 Å². The van der Waals surface area contributed by atoms with Crippen molar-refractivity contribution in [1.82, 2.24) is 24.5 Å². The first-order valence-corrected chi connectivity index (χ1v) is 7.91. The zero-order valence-electron chi connectivity index (χ0n) is 11.5. The van der Waals surface area contributed by atoms with Crippen LogP contribution in [0.4, 0.5) is 11.9 Å². The van der Waals surface area contributed by atoms with Gasteiger partial charge in [0.25, 0.3) is 0 Å². The predicted molar refractivity (Wildman–Crippen MR) is 82.1 cm³/mol. The molecule has 2 aromatic heterocycles. The Morgan fingerprint density at radius 1 is 1.25 bits per heavy atom. The maximum absolute atomic E-state index is 5.70. The number of anilines is 2. The summed E-state index contributed by atoms with van der Waals surface area (Å²) in [6.45, 7) is 0.835. The molecule has 108 valence electrons. The van der Waals surface area contributed by atoms with Crippen LogP contribution in [0.3, 0.4) is 0 Å². The maximum atomic E-state index is 5.70. The summed E-state index contributed by atoms with van der Waals surface area (Å²) in [4.78, 5) is 16.4. The van der Waals surface area contributed by atoms with Gasteiger partial charge in [-0.15, -0.1) is 0 Å². The number of hydrogen-bond donors (Lipinski definition) is 2. The van der Waals surface area contributed by atoms with Gasteiger partial charge in [0, 0.05) is 18.9 Å². The van der Waals surface area contributed by atoms with Crippen molar-refractivity contribution in [2.24, 2.45) is 0 Å². The number of thioether (sulfide) groups is 1. The summed E-state index contributed by atoms with van der Waals surface area (Å²) in [6.07, 6.45) is 10.7. The fourth-order valence-electron chi connectivity index (χ4n) is 1.70. The van der Waals surface area contributed by atoms with Crippen LogP contribution in [-0.2, 0) is 0 Å². The van der Waals surface area contributed by atoms with Crippen LogP contribution in [0.25, 0.3) is 5.95 Å². The van der Waals surface area contributed by atoms with Gasteiger partial charge < -0.3 is 11.1 Å². The Balaban J connectivity index is 1.88. The molecule has 2 rings (SSSR count). The molecular formula is C12H19N7S. The van der Waals surface area contributed by atoms with Gasteiger partial charge in [-0.3, -0.25) is 4.57 Å². The molecular weight excluding hydrogens is 274 g/mol. The Hall–Kier alpha value is -1.83. The van der Waals surface area contributed by atoms with E-state index in [1.165, 1.54) is 18.6 Å². The fraction of sp³-hybridized carbons (Fsp3) is 0.500. The summed E-state index contributed by atoms with van der Waals surface area (Å²) in [6, 6.07) is 0. The van der Waals surface area contributed by atoms with Crippen LogP contribution < -0.4 is 11.1 Å². The number of nitrogens with two attached hydrogens (primary N) is 1. The van der Waals surface area contributed by atoms with E-state index in [0.717, 1.165) is 13.0 Å². The third kappa shape index (κ3) is 4.37. The molecule has 0 fully saturated rings. The summed E-state index contributed by atoms with van der Waals surface area (Å²) in [7, 11) is 0. The lowest BCUT2D eigenvalue weighted by Gasteiger charge is -2.07. The fourth-order valence-corrected chi connectivity index (χ4v) is 2.19. The Labute approximate surface area is 122 Å². The largest absolute Gasteiger partial charge is 0.368 e. The van der Waals surface area contributed by atoms with E-state index in [4.69, 9.17) is 5.73 Å². The third-order valence-corrected chi connectivity index (χ3v) is 3.38. The second-order valence-electron chi connectivity index (χ2n) is 4.27. The van der Waals surface area contributed by atoms with Gasteiger partial charge in [0.1, 0.15) is 6.33 Å². The molecule has 0 amide bonds. The average molecular weight is 293 g/mol. The highest BCUT2D eigenvalue weighted by atomic mass is 32.2. The smallest absolute Gasteiger partial charge is 0.241 e. The second-order valence-corrected chi connectivity index (χ2v) is 5.25. The summed E-state index contributed by atoms with van der Waals surface area (Å²) < 4.78 is 1.70. The van der Waals surface area contributed by atoms with Crippen molar-refractivity contribution in [3.8, 4) is 5.95 Å². The van der Waals surface area contributed by atoms with E-state index in [9.17, 15) is 0 Å². The van der Waals surface area contributed by atoms with Gasteiger partial charge in [-0.2, -0.15) is 26.7 Å². The molecule has 3 N–H and O–H groups in total. The molecule has 0 atom stereocenters. The number of unbranched alkanes of at least 4 members (excludes halogenated alkanes) is 2. The van der Waals surface area contributed by atoms with Gasteiger partial charge >= 0.3 is 0 Å². The highest BCUT2D eigenvalue weighted by Gasteiger charge is 2.05. The molecule has 0 aliphatic heterocycles. The Kier molecular flexibility index (Phi) is 5.60. The third-order valence-electron chi connectivity index (χ3n) is 2.68. The van der Waals surface area contributed by atoms with Crippen LogP contribution in [0.1, 0.15) is 19.3 Å². The molecule has 8 heteroatoms. The lowest BCUT2D eigenvalue weighted by molar-refractivity contribution is 0.744. The van der Waals surface area contributed by atoms with E-state index < -0.39 is 0 Å². The number of hydrogen-bond acceptors (Lipinski definition) is 7. The van der Waals surface area contributed by atoms with Crippen molar-refractivity contribution < 1.29 is 0 Å². The number of nitrogens with zero attached hydrogens (tertiary/aromatic N) is 5. The van der Waals surface area contributed by atoms with E-state index >= 15 is 0 Å². The first kappa shape index (κ1) is 14.6. The molecule has 2 aromatic rings. The minimum atomic E-state index is 0.202. The Morgan fingerprint density at radius 2 is 2.15 bits per heavy atom. The van der Waals surface area contributed by atoms with Crippen molar-refractivity contribution in [3.05, 3.63) is 18.7 Å². The van der Waals surface area contributed by atoms with Crippen LogP contribution >= 0.6 is 11.8 Å². The van der Waals surface area contributed by atoms with E-state index in [2.05, 4.69) is 31.5 Å². The highest BCUT2D eigenvalue weighted by molar-refractivity contribution is 7.98. The quantitative estimate of drug-likeness (QED) is 0.713. The lowest BCUT2D eigenvalue weighted by Crippen LogP contribution is -2.11. The summed E-state index contributed by atoms with van der Waals surface area (Å²) >= 11 is 1.88. The van der Waals surface area contributed by atoms with E-state index in [-0.39, 0.29) is 5.95 Å². The SMILES string of the molecule is CSCCCCCNc1nc(N)nc(-n2ccnc2)n1. The number of imidazole rings is 1. The molecule has 0 bridgehead atoms. The van der Waals surface area contributed by atoms with Crippen molar-refractivity contribution in [2.45, 2.75) is 19.3 Å². The molecule has 0 unspecified atom stereocenters. The topological polar surface area (TPSA) is 94.5 Å². The van der Waals surface area contributed by atoms with Gasteiger partial charge in [0.05, 0.1) is 0 Å². The molecule has 7 nitrogen and oxygen atoms in total. The van der Waals surface area contributed by atoms with Gasteiger partial charge in [0.15, 0.2) is 0 Å². The molecule has 0 saturated carbocycles. The van der Waals surface area contributed by atoms with Crippen LogP contribution in [0.15, 0.2) is 18.7 Å². The van der Waals surface area contributed by atoms with Crippen molar-refractivity contribution in [1.29, 1.82) is 0 Å². The second kappa shape index (κ2) is 7.68. The first-order chi connectivity index (χ1) is 9.79. The Morgan fingerprint density at radius 3 is 2.90 bits per heavy atom. The van der Waals surface area contributed by atoms with Crippen molar-refractivity contribution in [2.75, 3.05) is 29.6 Å². The first-order valence-electron chi connectivity index (χ1n) is 6.52.